The van der Waals surface area contributed by atoms with Crippen LogP contribution in [-0.2, 0) is 16.6 Å². The van der Waals surface area contributed by atoms with Crippen LogP contribution in [0.3, 0.4) is 0 Å². The minimum absolute atomic E-state index is 0.0136. The second kappa shape index (κ2) is 6.41. The summed E-state index contributed by atoms with van der Waals surface area (Å²) in [4.78, 5) is 1.92. The van der Waals surface area contributed by atoms with E-state index in [4.69, 9.17) is 16.7 Å². The summed E-state index contributed by atoms with van der Waals surface area (Å²) in [5.41, 5.74) is 0.176. The Balaban J connectivity index is 3.00. The highest BCUT2D eigenvalue weighted by atomic mass is 35.5. The molecule has 0 heterocycles. The third-order valence-corrected chi connectivity index (χ3v) is 5.26. The van der Waals surface area contributed by atoms with Crippen molar-refractivity contribution in [3.05, 3.63) is 28.8 Å². The first-order valence-corrected chi connectivity index (χ1v) is 8.02. The number of aliphatic hydroxyl groups excluding tert-OH is 1. The SMILES string of the molecule is CN(C)C(C)(C)CNS(=O)(=O)c1cc(CO)ccc1Cl. The molecule has 0 amide bonds. The van der Waals surface area contributed by atoms with Crippen molar-refractivity contribution >= 4 is 21.6 Å². The average molecular weight is 321 g/mol. The highest BCUT2D eigenvalue weighted by molar-refractivity contribution is 7.89. The molecule has 0 atom stereocenters. The molecule has 1 rings (SSSR count). The number of benzene rings is 1. The zero-order valence-corrected chi connectivity index (χ0v) is 13.7. The standard InChI is InChI=1S/C13H21ClN2O3S/c1-13(2,16(3)4)9-15-20(18,19)12-7-10(8-17)5-6-11(12)14/h5-7,15,17H,8-9H2,1-4H3. The van der Waals surface area contributed by atoms with Gasteiger partial charge in [-0.15, -0.1) is 0 Å². The van der Waals surface area contributed by atoms with Crippen LogP contribution in [0.25, 0.3) is 0 Å². The first kappa shape index (κ1) is 17.4. The second-order valence-electron chi connectivity index (χ2n) is 5.45. The van der Waals surface area contributed by atoms with Gasteiger partial charge in [0.2, 0.25) is 10.0 Å². The molecule has 1 aromatic rings. The van der Waals surface area contributed by atoms with Gasteiger partial charge < -0.3 is 10.0 Å². The number of rotatable bonds is 6. The molecule has 1 aromatic carbocycles. The fraction of sp³-hybridized carbons (Fsp3) is 0.538. The molecule has 0 aliphatic carbocycles. The molecule has 0 unspecified atom stereocenters. The molecular weight excluding hydrogens is 300 g/mol. The van der Waals surface area contributed by atoms with E-state index in [2.05, 4.69) is 4.72 Å². The lowest BCUT2D eigenvalue weighted by Gasteiger charge is -2.32. The van der Waals surface area contributed by atoms with Gasteiger partial charge in [0, 0.05) is 12.1 Å². The summed E-state index contributed by atoms with van der Waals surface area (Å²) in [7, 11) is 0.0552. The highest BCUT2D eigenvalue weighted by Crippen LogP contribution is 2.23. The van der Waals surface area contributed by atoms with Crippen LogP contribution in [0.4, 0.5) is 0 Å². The molecule has 0 bridgehead atoms. The summed E-state index contributed by atoms with van der Waals surface area (Å²) in [6, 6.07) is 4.44. The number of nitrogens with zero attached hydrogens (tertiary/aromatic N) is 1. The van der Waals surface area contributed by atoms with Crippen molar-refractivity contribution < 1.29 is 13.5 Å². The Morgan fingerprint density at radius 1 is 1.35 bits per heavy atom. The highest BCUT2D eigenvalue weighted by Gasteiger charge is 2.25. The summed E-state index contributed by atoms with van der Waals surface area (Å²) in [5.74, 6) is 0. The van der Waals surface area contributed by atoms with E-state index in [1.807, 2.05) is 32.8 Å². The monoisotopic (exact) mass is 320 g/mol. The van der Waals surface area contributed by atoms with Crippen molar-refractivity contribution in [3.8, 4) is 0 Å². The van der Waals surface area contributed by atoms with Crippen LogP contribution in [0.1, 0.15) is 19.4 Å². The number of sulfonamides is 1. The fourth-order valence-corrected chi connectivity index (χ4v) is 3.11. The summed E-state index contributed by atoms with van der Waals surface area (Å²) < 4.78 is 27.1. The van der Waals surface area contributed by atoms with Crippen LogP contribution in [-0.4, -0.2) is 44.6 Å². The zero-order valence-electron chi connectivity index (χ0n) is 12.1. The number of aliphatic hydroxyl groups is 1. The van der Waals surface area contributed by atoms with E-state index in [9.17, 15) is 8.42 Å². The molecular formula is C13H21ClN2O3S. The Morgan fingerprint density at radius 3 is 2.45 bits per heavy atom. The van der Waals surface area contributed by atoms with Gasteiger partial charge in [0.1, 0.15) is 4.90 Å². The van der Waals surface area contributed by atoms with Gasteiger partial charge in [-0.05, 0) is 45.6 Å². The smallest absolute Gasteiger partial charge is 0.242 e. The fourth-order valence-electron chi connectivity index (χ4n) is 1.36. The van der Waals surface area contributed by atoms with Gasteiger partial charge in [0.05, 0.1) is 11.6 Å². The molecule has 20 heavy (non-hydrogen) atoms. The second-order valence-corrected chi connectivity index (χ2v) is 7.60. The van der Waals surface area contributed by atoms with E-state index in [0.717, 1.165) is 0 Å². The summed E-state index contributed by atoms with van der Waals surface area (Å²) >= 11 is 5.94. The molecule has 0 spiro atoms. The zero-order chi connectivity index (χ0) is 15.6. The van der Waals surface area contributed by atoms with Crippen molar-refractivity contribution in [3.63, 3.8) is 0 Å². The molecule has 0 fully saturated rings. The summed E-state index contributed by atoms with van der Waals surface area (Å²) in [5, 5.41) is 9.22. The maximum atomic E-state index is 12.3. The predicted molar refractivity (Wildman–Crippen MR) is 80.3 cm³/mol. The Bertz CT molecular complexity index is 571. The minimum atomic E-state index is -3.71. The molecule has 0 aliphatic heterocycles. The third-order valence-electron chi connectivity index (χ3n) is 3.37. The van der Waals surface area contributed by atoms with Crippen molar-refractivity contribution in [1.29, 1.82) is 0 Å². The Morgan fingerprint density at radius 2 is 1.95 bits per heavy atom. The van der Waals surface area contributed by atoms with Gasteiger partial charge in [-0.25, -0.2) is 13.1 Å². The lowest BCUT2D eigenvalue weighted by molar-refractivity contribution is 0.199. The van der Waals surface area contributed by atoms with Crippen molar-refractivity contribution in [1.82, 2.24) is 9.62 Å². The topological polar surface area (TPSA) is 69.6 Å². The average Bonchev–Trinajstić information content (AvgIpc) is 2.37. The Hall–Kier alpha value is -0.660. The molecule has 0 aliphatic rings. The van der Waals surface area contributed by atoms with E-state index in [1.165, 1.54) is 12.1 Å². The first-order chi connectivity index (χ1) is 9.10. The largest absolute Gasteiger partial charge is 0.392 e. The van der Waals surface area contributed by atoms with Crippen LogP contribution in [0.2, 0.25) is 5.02 Å². The van der Waals surface area contributed by atoms with Gasteiger partial charge in [0.25, 0.3) is 0 Å². The van der Waals surface area contributed by atoms with Crippen LogP contribution >= 0.6 is 11.6 Å². The van der Waals surface area contributed by atoms with Gasteiger partial charge >= 0.3 is 0 Å². The molecule has 2 N–H and O–H groups in total. The molecule has 5 nitrogen and oxygen atoms in total. The van der Waals surface area contributed by atoms with Gasteiger partial charge in [0.15, 0.2) is 0 Å². The van der Waals surface area contributed by atoms with Crippen LogP contribution in [0.5, 0.6) is 0 Å². The number of nitrogens with one attached hydrogen (secondary N) is 1. The van der Waals surface area contributed by atoms with Gasteiger partial charge in [-0.2, -0.15) is 0 Å². The minimum Gasteiger partial charge on any atom is -0.392 e. The lowest BCUT2D eigenvalue weighted by atomic mass is 10.1. The predicted octanol–water partition coefficient (Wildman–Crippen LogP) is 1.45. The molecule has 114 valence electrons. The van der Waals surface area contributed by atoms with Crippen LogP contribution in [0, 0.1) is 0 Å². The molecule has 0 radical (unpaired) electrons. The van der Waals surface area contributed by atoms with E-state index in [0.29, 0.717) is 5.56 Å². The number of hydrogen-bond donors (Lipinski definition) is 2. The molecule has 0 aromatic heterocycles. The third kappa shape index (κ3) is 4.17. The number of halogens is 1. The molecule has 0 saturated carbocycles. The first-order valence-electron chi connectivity index (χ1n) is 6.16. The number of hydrogen-bond acceptors (Lipinski definition) is 4. The van der Waals surface area contributed by atoms with E-state index < -0.39 is 10.0 Å². The Labute approximate surface area is 125 Å². The Kier molecular flexibility index (Phi) is 5.57. The van der Waals surface area contributed by atoms with E-state index in [1.54, 1.807) is 6.07 Å². The quantitative estimate of drug-likeness (QED) is 0.832. The lowest BCUT2D eigenvalue weighted by Crippen LogP contribution is -2.48. The summed E-state index contributed by atoms with van der Waals surface area (Å²) in [6.45, 7) is 3.88. The molecule has 7 heteroatoms. The van der Waals surface area contributed by atoms with Gasteiger partial charge in [-0.3, -0.25) is 0 Å². The number of likely N-dealkylation sites (N-methyl/N-ethyl adjacent to an activating group) is 1. The van der Waals surface area contributed by atoms with Gasteiger partial charge in [-0.1, -0.05) is 17.7 Å². The molecule has 0 saturated heterocycles. The van der Waals surface area contributed by atoms with Crippen molar-refractivity contribution in [2.24, 2.45) is 0 Å². The maximum Gasteiger partial charge on any atom is 0.242 e. The van der Waals surface area contributed by atoms with Crippen molar-refractivity contribution in [2.45, 2.75) is 30.9 Å². The van der Waals surface area contributed by atoms with E-state index >= 15 is 0 Å². The summed E-state index contributed by atoms with van der Waals surface area (Å²) in [6.07, 6.45) is 0. The van der Waals surface area contributed by atoms with Crippen molar-refractivity contribution in [2.75, 3.05) is 20.6 Å². The normalized spacial score (nSPS) is 12.9. The maximum absolute atomic E-state index is 12.3. The van der Waals surface area contributed by atoms with E-state index in [-0.39, 0.29) is 28.6 Å². The van der Waals surface area contributed by atoms with Crippen LogP contribution < -0.4 is 4.72 Å². The van der Waals surface area contributed by atoms with Crippen LogP contribution in [0.15, 0.2) is 23.1 Å².